The van der Waals surface area contributed by atoms with Crippen molar-refractivity contribution in [2.75, 3.05) is 55.7 Å². The zero-order valence-electron chi connectivity index (χ0n) is 31.2. The van der Waals surface area contributed by atoms with E-state index in [9.17, 15) is 14.1 Å². The van der Waals surface area contributed by atoms with Crippen LogP contribution in [0.3, 0.4) is 0 Å². The number of carbonyl (C=O) groups is 1. The standard InChI is InChI=1S/C37H59N5O3S.C3H6/c1-26-28-10-12-36(4)31(34(28,2)15-18-42(26)33-39-23-27(24-40-33)32(43)44)9-8-29-30-7-5-11-37(30,14-13-35(29,36)3)25-38-16-6-17-41-19-21-46(45)22-20-41;1-3-2/h23-24,26,28-31,38H,5-22,25H2,1-4H3,(H,43,44);3H,1H2,2H3/t26?,28?,29?,30-,31?,34?,35-,36?,37?;/m1./s1. The lowest BCUT2D eigenvalue weighted by atomic mass is 9.34. The molecule has 0 spiro atoms. The first-order valence-corrected chi connectivity index (χ1v) is 21.1. The molecule has 7 rings (SSSR count). The number of rotatable bonds is 8. The number of aromatic nitrogens is 2. The van der Waals surface area contributed by atoms with Crippen molar-refractivity contribution in [3.8, 4) is 0 Å². The van der Waals surface area contributed by atoms with E-state index >= 15 is 0 Å². The summed E-state index contributed by atoms with van der Waals surface area (Å²) in [6.45, 7) is 22.2. The largest absolute Gasteiger partial charge is 0.478 e. The fourth-order valence-corrected chi connectivity index (χ4v) is 14.0. The second-order valence-corrected chi connectivity index (χ2v) is 19.2. The van der Waals surface area contributed by atoms with E-state index in [0.717, 1.165) is 62.0 Å². The topological polar surface area (TPSA) is 98.7 Å². The van der Waals surface area contributed by atoms with Crippen LogP contribution < -0.4 is 10.2 Å². The van der Waals surface area contributed by atoms with Crippen LogP contribution >= 0.6 is 0 Å². The first-order chi connectivity index (χ1) is 23.4. The molecule has 1 aromatic rings. The summed E-state index contributed by atoms with van der Waals surface area (Å²) in [4.78, 5) is 25.3. The van der Waals surface area contributed by atoms with Gasteiger partial charge in [0.2, 0.25) is 5.95 Å². The smallest absolute Gasteiger partial charge is 0.338 e. The van der Waals surface area contributed by atoms with Crippen molar-refractivity contribution in [2.45, 2.75) is 111 Å². The van der Waals surface area contributed by atoms with Gasteiger partial charge in [-0.1, -0.05) is 33.3 Å². The summed E-state index contributed by atoms with van der Waals surface area (Å²) in [6, 6.07) is 0.350. The summed E-state index contributed by atoms with van der Waals surface area (Å²) in [5, 5.41) is 13.3. The van der Waals surface area contributed by atoms with Gasteiger partial charge in [0.1, 0.15) is 0 Å². The van der Waals surface area contributed by atoms with Crippen LogP contribution in [0, 0.1) is 45.3 Å². The highest BCUT2D eigenvalue weighted by molar-refractivity contribution is 7.85. The van der Waals surface area contributed by atoms with Crippen molar-refractivity contribution < 1.29 is 14.1 Å². The third-order valence-electron chi connectivity index (χ3n) is 15.6. The Hall–Kier alpha value is -1.84. The van der Waals surface area contributed by atoms with Gasteiger partial charge in [-0.25, -0.2) is 14.8 Å². The van der Waals surface area contributed by atoms with Crippen molar-refractivity contribution in [2.24, 2.45) is 45.3 Å². The minimum atomic E-state index is -0.972. The minimum absolute atomic E-state index is 0.152. The van der Waals surface area contributed by atoms with Crippen molar-refractivity contribution in [3.63, 3.8) is 0 Å². The molecule has 4 saturated carbocycles. The predicted octanol–water partition coefficient (Wildman–Crippen LogP) is 7.05. The van der Waals surface area contributed by atoms with Crippen LogP contribution in [0.25, 0.3) is 0 Å². The van der Waals surface area contributed by atoms with Gasteiger partial charge in [0, 0.05) is 66.9 Å². The molecule has 6 aliphatic rings. The molecule has 2 saturated heterocycles. The molecule has 49 heavy (non-hydrogen) atoms. The van der Waals surface area contributed by atoms with E-state index in [1.54, 1.807) is 6.08 Å². The van der Waals surface area contributed by atoms with Gasteiger partial charge in [0.05, 0.1) is 5.56 Å². The lowest BCUT2D eigenvalue weighted by molar-refractivity contribution is -0.219. The Morgan fingerprint density at radius 2 is 1.69 bits per heavy atom. The summed E-state index contributed by atoms with van der Waals surface area (Å²) in [6.07, 6.45) is 19.5. The summed E-state index contributed by atoms with van der Waals surface area (Å²) in [5.74, 6) is 4.49. The molecular formula is C40H65N5O3S. The Labute approximate surface area is 299 Å². The van der Waals surface area contributed by atoms with E-state index in [1.807, 2.05) is 6.92 Å². The van der Waals surface area contributed by atoms with Gasteiger partial charge in [0.25, 0.3) is 0 Å². The van der Waals surface area contributed by atoms with Crippen LogP contribution in [0.2, 0.25) is 0 Å². The number of allylic oxidation sites excluding steroid dienone is 1. The van der Waals surface area contributed by atoms with Crippen LogP contribution in [-0.2, 0) is 10.8 Å². The number of nitrogens with one attached hydrogen (secondary N) is 1. The molecule has 0 aromatic carbocycles. The van der Waals surface area contributed by atoms with Crippen molar-refractivity contribution in [1.82, 2.24) is 20.2 Å². The lowest BCUT2D eigenvalue weighted by Gasteiger charge is -2.72. The number of fused-ring (bicyclic) bond motifs is 7. The third-order valence-corrected chi connectivity index (χ3v) is 16.8. The highest BCUT2D eigenvalue weighted by Gasteiger charge is 2.68. The Bertz CT molecular complexity index is 1350. The van der Waals surface area contributed by atoms with Gasteiger partial charge in [-0.3, -0.25) is 4.21 Å². The fraction of sp³-hybridized carbons (Fsp3) is 0.825. The number of hydrogen-bond acceptors (Lipinski definition) is 7. The first-order valence-electron chi connectivity index (χ1n) is 19.6. The second-order valence-electron chi connectivity index (χ2n) is 17.5. The molecule has 9 atom stereocenters. The first kappa shape index (κ1) is 36.9. The minimum Gasteiger partial charge on any atom is -0.478 e. The molecule has 4 aliphatic carbocycles. The number of carboxylic acid groups (broad SMARTS) is 1. The zero-order chi connectivity index (χ0) is 35.0. The maximum atomic E-state index is 11.7. The van der Waals surface area contributed by atoms with E-state index in [0.29, 0.717) is 39.6 Å². The van der Waals surface area contributed by atoms with Gasteiger partial charge in [0.15, 0.2) is 0 Å². The number of aromatic carboxylic acids is 1. The van der Waals surface area contributed by atoms with Crippen LogP contribution in [-0.4, -0.2) is 87.0 Å². The molecule has 0 amide bonds. The number of piperidine rings is 1. The Balaban J connectivity index is 0.00000134. The fourth-order valence-electron chi connectivity index (χ4n) is 12.9. The average molecular weight is 696 g/mol. The molecule has 6 fully saturated rings. The molecule has 0 bridgehead atoms. The van der Waals surface area contributed by atoms with Crippen LogP contribution in [0.4, 0.5) is 5.95 Å². The molecule has 9 heteroatoms. The van der Waals surface area contributed by atoms with E-state index < -0.39 is 16.8 Å². The SMILES string of the molecule is C=CC.CC1C2CCC3(C)C(CCC4[C@H]5CCCC5(CNCCCN5CCS(=O)CC5)CC[C@]43C)C2(C)CCN1c1ncc(C(=O)O)cn1. The molecule has 0 radical (unpaired) electrons. The maximum absolute atomic E-state index is 11.7. The average Bonchev–Trinajstić information content (AvgIpc) is 3.50. The highest BCUT2D eigenvalue weighted by atomic mass is 32.2. The van der Waals surface area contributed by atoms with Crippen molar-refractivity contribution in [1.29, 1.82) is 0 Å². The van der Waals surface area contributed by atoms with Gasteiger partial charge in [-0.05, 0) is 136 Å². The molecular weight excluding hydrogens is 631 g/mol. The number of hydrogen-bond donors (Lipinski definition) is 2. The summed E-state index contributed by atoms with van der Waals surface area (Å²) in [7, 11) is -0.586. The van der Waals surface area contributed by atoms with Crippen LogP contribution in [0.15, 0.2) is 25.0 Å². The molecule has 2 N–H and O–H groups in total. The van der Waals surface area contributed by atoms with E-state index in [-0.39, 0.29) is 5.56 Å². The molecule has 2 aliphatic heterocycles. The zero-order valence-corrected chi connectivity index (χ0v) is 32.0. The van der Waals surface area contributed by atoms with E-state index in [4.69, 9.17) is 0 Å². The Morgan fingerprint density at radius 1 is 0.980 bits per heavy atom. The highest BCUT2D eigenvalue weighted by Crippen LogP contribution is 2.75. The number of carboxylic acids is 1. The molecule has 7 unspecified atom stereocenters. The third kappa shape index (κ3) is 6.56. The van der Waals surface area contributed by atoms with E-state index in [2.05, 4.69) is 59.4 Å². The molecule has 274 valence electrons. The second kappa shape index (κ2) is 14.7. The normalized spacial score (nSPS) is 40.6. The predicted molar refractivity (Wildman–Crippen MR) is 200 cm³/mol. The maximum Gasteiger partial charge on any atom is 0.338 e. The molecule has 8 nitrogen and oxygen atoms in total. The van der Waals surface area contributed by atoms with Crippen LogP contribution in [0.1, 0.15) is 116 Å². The monoisotopic (exact) mass is 695 g/mol. The molecule has 1 aromatic heterocycles. The Morgan fingerprint density at radius 3 is 2.39 bits per heavy atom. The quantitative estimate of drug-likeness (QED) is 0.221. The van der Waals surface area contributed by atoms with E-state index in [1.165, 1.54) is 89.6 Å². The summed E-state index contributed by atoms with van der Waals surface area (Å²) in [5.41, 5.74) is 1.75. The van der Waals surface area contributed by atoms with Gasteiger partial charge in [-0.2, -0.15) is 0 Å². The Kier molecular flexibility index (Phi) is 11.0. The van der Waals surface area contributed by atoms with Gasteiger partial charge >= 0.3 is 5.97 Å². The number of nitrogens with zero attached hydrogens (tertiary/aromatic N) is 4. The van der Waals surface area contributed by atoms with Crippen molar-refractivity contribution in [3.05, 3.63) is 30.6 Å². The van der Waals surface area contributed by atoms with Crippen molar-refractivity contribution >= 4 is 22.7 Å². The number of anilines is 1. The summed E-state index contributed by atoms with van der Waals surface area (Å²) >= 11 is 0. The molecule has 3 heterocycles. The van der Waals surface area contributed by atoms with Gasteiger partial charge < -0.3 is 20.2 Å². The summed E-state index contributed by atoms with van der Waals surface area (Å²) < 4.78 is 11.7. The van der Waals surface area contributed by atoms with Gasteiger partial charge in [-0.15, -0.1) is 6.58 Å². The van der Waals surface area contributed by atoms with Crippen LogP contribution in [0.5, 0.6) is 0 Å². The lowest BCUT2D eigenvalue weighted by Crippen LogP contribution is -2.67.